The number of aryl methyl sites for hydroxylation is 1. The van der Waals surface area contributed by atoms with Gasteiger partial charge in [0.15, 0.2) is 5.78 Å². The predicted octanol–water partition coefficient (Wildman–Crippen LogP) is 1.09. The molecule has 0 amide bonds. The molecule has 21 heavy (non-hydrogen) atoms. The van der Waals surface area contributed by atoms with Crippen molar-refractivity contribution in [2.24, 2.45) is 0 Å². The van der Waals surface area contributed by atoms with E-state index in [1.807, 2.05) is 0 Å². The number of likely N-dealkylation sites (tertiary alicyclic amines) is 1. The van der Waals surface area contributed by atoms with Crippen LogP contribution in [0.1, 0.15) is 49.5 Å². The van der Waals surface area contributed by atoms with Crippen LogP contribution < -0.4 is 5.32 Å². The maximum Gasteiger partial charge on any atom is 0.199 e. The third-order valence-corrected chi connectivity index (χ3v) is 4.68. The summed E-state index contributed by atoms with van der Waals surface area (Å²) in [5, 5.41) is 11.4. The van der Waals surface area contributed by atoms with Crippen LogP contribution in [0.5, 0.6) is 0 Å². The second-order valence-electron chi connectivity index (χ2n) is 6.08. The third kappa shape index (κ3) is 3.01. The molecule has 0 bridgehead atoms. The summed E-state index contributed by atoms with van der Waals surface area (Å²) in [5.74, 6) is 0.212. The number of ketones is 1. The molecule has 2 aliphatic rings. The standard InChI is InChI=1S/C15H25N5O/c1-2-9-20-14(11-17-18-20)15(21)13-4-3-10-19(13)12-5-7-16-8-6-12/h11-13,16H,2-10H2,1H3. The molecule has 1 N–H and O–H groups in total. The molecule has 2 aliphatic heterocycles. The number of carbonyl (C=O) groups is 1. The van der Waals surface area contributed by atoms with Gasteiger partial charge in [0.1, 0.15) is 5.69 Å². The van der Waals surface area contributed by atoms with Crippen LogP contribution in [0.4, 0.5) is 0 Å². The lowest BCUT2D eigenvalue weighted by atomic mass is 10.0. The number of piperidine rings is 1. The molecule has 2 fully saturated rings. The van der Waals surface area contributed by atoms with E-state index >= 15 is 0 Å². The van der Waals surface area contributed by atoms with Gasteiger partial charge in [0, 0.05) is 12.6 Å². The minimum atomic E-state index is 0.0298. The van der Waals surface area contributed by atoms with E-state index in [2.05, 4.69) is 27.5 Å². The van der Waals surface area contributed by atoms with Gasteiger partial charge in [-0.15, -0.1) is 5.10 Å². The number of hydrogen-bond acceptors (Lipinski definition) is 5. The summed E-state index contributed by atoms with van der Waals surface area (Å²) in [6, 6.07) is 0.584. The topological polar surface area (TPSA) is 63.1 Å². The quantitative estimate of drug-likeness (QED) is 0.823. The van der Waals surface area contributed by atoms with E-state index in [9.17, 15) is 4.79 Å². The van der Waals surface area contributed by atoms with Crippen molar-refractivity contribution in [1.29, 1.82) is 0 Å². The van der Waals surface area contributed by atoms with Gasteiger partial charge < -0.3 is 5.32 Å². The number of nitrogens with one attached hydrogen (secondary N) is 1. The van der Waals surface area contributed by atoms with Gasteiger partial charge in [-0.2, -0.15) is 0 Å². The van der Waals surface area contributed by atoms with Gasteiger partial charge >= 0.3 is 0 Å². The molecule has 3 rings (SSSR count). The van der Waals surface area contributed by atoms with Crippen LogP contribution in [0.2, 0.25) is 0 Å². The number of hydrogen-bond donors (Lipinski definition) is 1. The van der Waals surface area contributed by atoms with Gasteiger partial charge in [-0.3, -0.25) is 9.69 Å². The highest BCUT2D eigenvalue weighted by atomic mass is 16.1. The van der Waals surface area contributed by atoms with Crippen molar-refractivity contribution in [2.75, 3.05) is 19.6 Å². The van der Waals surface area contributed by atoms with Crippen LogP contribution in [0, 0.1) is 0 Å². The summed E-state index contributed by atoms with van der Waals surface area (Å²) < 4.78 is 1.77. The molecular formula is C15H25N5O. The molecule has 1 atom stereocenters. The second kappa shape index (κ2) is 6.66. The van der Waals surface area contributed by atoms with Gasteiger partial charge in [-0.05, 0) is 51.7 Å². The lowest BCUT2D eigenvalue weighted by Crippen LogP contribution is -2.48. The Kier molecular flexibility index (Phi) is 4.65. The van der Waals surface area contributed by atoms with Crippen LogP contribution in [-0.2, 0) is 6.54 Å². The Morgan fingerprint density at radius 1 is 1.38 bits per heavy atom. The zero-order valence-electron chi connectivity index (χ0n) is 12.8. The number of nitrogens with zero attached hydrogens (tertiary/aromatic N) is 4. The van der Waals surface area contributed by atoms with E-state index in [0.717, 1.165) is 58.3 Å². The highest BCUT2D eigenvalue weighted by molar-refractivity contribution is 5.98. The minimum absolute atomic E-state index is 0.0298. The van der Waals surface area contributed by atoms with Gasteiger partial charge in [-0.25, -0.2) is 4.68 Å². The smallest absolute Gasteiger partial charge is 0.199 e. The summed E-state index contributed by atoms with van der Waals surface area (Å²) in [6.45, 7) is 6.04. The highest BCUT2D eigenvalue weighted by Gasteiger charge is 2.37. The fourth-order valence-electron chi connectivity index (χ4n) is 3.64. The fourth-order valence-corrected chi connectivity index (χ4v) is 3.64. The maximum absolute atomic E-state index is 12.9. The summed E-state index contributed by atoms with van der Waals surface area (Å²) in [7, 11) is 0. The molecule has 1 aromatic rings. The summed E-state index contributed by atoms with van der Waals surface area (Å²) in [5.41, 5.74) is 0.683. The molecule has 1 unspecified atom stereocenters. The van der Waals surface area contributed by atoms with E-state index in [1.165, 1.54) is 0 Å². The SMILES string of the molecule is CCCn1nncc1C(=O)C1CCCN1C1CCNCC1. The van der Waals surface area contributed by atoms with Crippen molar-refractivity contribution in [3.8, 4) is 0 Å². The van der Waals surface area contributed by atoms with Crippen LogP contribution in [0.15, 0.2) is 6.20 Å². The van der Waals surface area contributed by atoms with Gasteiger partial charge in [0.2, 0.25) is 0 Å². The Morgan fingerprint density at radius 2 is 2.19 bits per heavy atom. The largest absolute Gasteiger partial charge is 0.317 e. The van der Waals surface area contributed by atoms with Crippen molar-refractivity contribution in [1.82, 2.24) is 25.2 Å². The molecule has 0 saturated carbocycles. The first-order valence-electron chi connectivity index (χ1n) is 8.20. The van der Waals surface area contributed by atoms with Crippen molar-refractivity contribution in [2.45, 2.75) is 57.7 Å². The normalized spacial score (nSPS) is 24.5. The molecule has 6 heteroatoms. The highest BCUT2D eigenvalue weighted by Crippen LogP contribution is 2.26. The number of rotatable bonds is 5. The van der Waals surface area contributed by atoms with Crippen LogP contribution in [0.3, 0.4) is 0 Å². The molecule has 0 aromatic carbocycles. The Balaban J connectivity index is 1.74. The molecule has 0 radical (unpaired) electrons. The molecule has 1 aromatic heterocycles. The second-order valence-corrected chi connectivity index (χ2v) is 6.08. The van der Waals surface area contributed by atoms with Crippen LogP contribution >= 0.6 is 0 Å². The Hall–Kier alpha value is -1.27. The molecule has 0 spiro atoms. The van der Waals surface area contributed by atoms with Gasteiger partial charge in [0.25, 0.3) is 0 Å². The van der Waals surface area contributed by atoms with Crippen molar-refractivity contribution >= 4 is 5.78 Å². The van der Waals surface area contributed by atoms with Crippen LogP contribution in [0.25, 0.3) is 0 Å². The average molecular weight is 291 g/mol. The predicted molar refractivity (Wildman–Crippen MR) is 80.3 cm³/mol. The lowest BCUT2D eigenvalue weighted by Gasteiger charge is -2.35. The van der Waals surface area contributed by atoms with E-state index in [4.69, 9.17) is 0 Å². The monoisotopic (exact) mass is 291 g/mol. The van der Waals surface area contributed by atoms with E-state index in [-0.39, 0.29) is 11.8 Å². The summed E-state index contributed by atoms with van der Waals surface area (Å²) in [4.78, 5) is 15.3. The summed E-state index contributed by atoms with van der Waals surface area (Å²) >= 11 is 0. The number of aromatic nitrogens is 3. The zero-order valence-corrected chi connectivity index (χ0v) is 12.8. The first-order valence-corrected chi connectivity index (χ1v) is 8.20. The zero-order chi connectivity index (χ0) is 14.7. The molecule has 2 saturated heterocycles. The molecule has 6 nitrogen and oxygen atoms in total. The average Bonchev–Trinajstić information content (AvgIpc) is 3.17. The number of Topliss-reactive ketones (excluding diaryl/α,β-unsaturated/α-hetero) is 1. The van der Waals surface area contributed by atoms with E-state index in [0.29, 0.717) is 11.7 Å². The first kappa shape index (κ1) is 14.7. The Morgan fingerprint density at radius 3 is 2.95 bits per heavy atom. The van der Waals surface area contributed by atoms with Gasteiger partial charge in [-0.1, -0.05) is 12.1 Å². The number of carbonyl (C=O) groups excluding carboxylic acids is 1. The molecule has 116 valence electrons. The minimum Gasteiger partial charge on any atom is -0.317 e. The van der Waals surface area contributed by atoms with Crippen LogP contribution in [-0.4, -0.2) is 57.4 Å². The van der Waals surface area contributed by atoms with Crippen molar-refractivity contribution in [3.05, 3.63) is 11.9 Å². The Labute approximate surface area is 125 Å². The van der Waals surface area contributed by atoms with Gasteiger partial charge in [0.05, 0.1) is 12.2 Å². The Bertz CT molecular complexity index is 480. The first-order chi connectivity index (χ1) is 10.3. The lowest BCUT2D eigenvalue weighted by molar-refractivity contribution is 0.0772. The summed E-state index contributed by atoms with van der Waals surface area (Å²) in [6.07, 6.45) is 6.99. The maximum atomic E-state index is 12.9. The third-order valence-electron chi connectivity index (χ3n) is 4.68. The molecular weight excluding hydrogens is 266 g/mol. The van der Waals surface area contributed by atoms with E-state index in [1.54, 1.807) is 10.9 Å². The van der Waals surface area contributed by atoms with Crippen molar-refractivity contribution in [3.63, 3.8) is 0 Å². The fraction of sp³-hybridized carbons (Fsp3) is 0.800. The van der Waals surface area contributed by atoms with Crippen molar-refractivity contribution < 1.29 is 4.79 Å². The molecule has 3 heterocycles. The van der Waals surface area contributed by atoms with E-state index < -0.39 is 0 Å². The molecule has 0 aliphatic carbocycles.